The number of aliphatic hydroxyl groups is 1. The zero-order valence-corrected chi connectivity index (χ0v) is 12.1. The maximum Gasteiger partial charge on any atom is 0.237 e. The molecular formula is C13H26N2O4. The lowest BCUT2D eigenvalue weighted by atomic mass is 10.1. The maximum atomic E-state index is 12.0. The molecule has 1 heterocycles. The normalized spacial score (nSPS) is 26.1. The van der Waals surface area contributed by atoms with Crippen LogP contribution in [-0.2, 0) is 14.3 Å². The number of nitrogens with one attached hydrogen (secondary N) is 1. The second-order valence-corrected chi connectivity index (χ2v) is 5.00. The number of carbonyl (C=O) groups excluding carboxylic acids is 1. The number of morpholine rings is 1. The lowest BCUT2D eigenvalue weighted by Gasteiger charge is -2.40. The van der Waals surface area contributed by atoms with E-state index in [4.69, 9.17) is 14.6 Å². The molecule has 0 saturated carbocycles. The first-order valence-electron chi connectivity index (χ1n) is 6.85. The van der Waals surface area contributed by atoms with E-state index in [1.807, 2.05) is 13.8 Å². The molecular weight excluding hydrogens is 248 g/mol. The molecule has 19 heavy (non-hydrogen) atoms. The minimum absolute atomic E-state index is 0.00853. The van der Waals surface area contributed by atoms with Gasteiger partial charge in [0.05, 0.1) is 25.4 Å². The van der Waals surface area contributed by atoms with E-state index in [1.54, 1.807) is 7.11 Å². The molecule has 0 aromatic heterocycles. The number of rotatable bonds is 7. The zero-order valence-electron chi connectivity index (χ0n) is 12.1. The summed E-state index contributed by atoms with van der Waals surface area (Å²) in [6, 6.07) is -0.0296. The molecule has 0 bridgehead atoms. The zero-order chi connectivity index (χ0) is 14.3. The Morgan fingerprint density at radius 3 is 3.00 bits per heavy atom. The molecule has 1 aliphatic rings. The van der Waals surface area contributed by atoms with Gasteiger partial charge in [-0.05, 0) is 20.3 Å². The van der Waals surface area contributed by atoms with Crippen LogP contribution in [0.1, 0.15) is 20.3 Å². The Labute approximate surface area is 115 Å². The van der Waals surface area contributed by atoms with E-state index in [-0.39, 0.29) is 30.7 Å². The molecule has 1 aliphatic heterocycles. The fourth-order valence-electron chi connectivity index (χ4n) is 2.22. The molecule has 0 radical (unpaired) electrons. The van der Waals surface area contributed by atoms with E-state index >= 15 is 0 Å². The molecule has 0 spiro atoms. The van der Waals surface area contributed by atoms with Crippen molar-refractivity contribution in [2.75, 3.05) is 40.0 Å². The predicted octanol–water partition coefficient (Wildman–Crippen LogP) is -0.391. The van der Waals surface area contributed by atoms with Crippen LogP contribution in [0.25, 0.3) is 0 Å². The molecule has 2 N–H and O–H groups in total. The Balaban J connectivity index is 2.40. The average molecular weight is 274 g/mol. The second-order valence-electron chi connectivity index (χ2n) is 5.00. The molecule has 0 aromatic carbocycles. The van der Waals surface area contributed by atoms with Crippen LogP contribution < -0.4 is 5.32 Å². The number of amides is 1. The van der Waals surface area contributed by atoms with Crippen LogP contribution in [0.3, 0.4) is 0 Å². The minimum Gasteiger partial charge on any atom is -0.394 e. The van der Waals surface area contributed by atoms with Gasteiger partial charge in [0.25, 0.3) is 0 Å². The minimum atomic E-state index is -0.213. The monoisotopic (exact) mass is 274 g/mol. The summed E-state index contributed by atoms with van der Waals surface area (Å²) < 4.78 is 10.4. The molecule has 1 amide bonds. The molecule has 1 saturated heterocycles. The van der Waals surface area contributed by atoms with Crippen molar-refractivity contribution in [3.8, 4) is 0 Å². The molecule has 0 aliphatic carbocycles. The maximum absolute atomic E-state index is 12.0. The fraction of sp³-hybridized carbons (Fsp3) is 0.923. The van der Waals surface area contributed by atoms with Crippen molar-refractivity contribution in [1.82, 2.24) is 10.2 Å². The van der Waals surface area contributed by atoms with Gasteiger partial charge >= 0.3 is 0 Å². The molecule has 112 valence electrons. The Bertz CT molecular complexity index is 275. The van der Waals surface area contributed by atoms with Gasteiger partial charge in [-0.2, -0.15) is 0 Å². The average Bonchev–Trinajstić information content (AvgIpc) is 2.43. The largest absolute Gasteiger partial charge is 0.394 e. The molecule has 3 unspecified atom stereocenters. The van der Waals surface area contributed by atoms with Crippen molar-refractivity contribution in [2.45, 2.75) is 38.5 Å². The van der Waals surface area contributed by atoms with Crippen molar-refractivity contribution < 1.29 is 19.4 Å². The lowest BCUT2D eigenvalue weighted by molar-refractivity contribution is -0.134. The van der Waals surface area contributed by atoms with Crippen molar-refractivity contribution in [3.63, 3.8) is 0 Å². The van der Waals surface area contributed by atoms with Crippen molar-refractivity contribution in [1.29, 1.82) is 0 Å². The lowest BCUT2D eigenvalue weighted by Crippen LogP contribution is -2.57. The Hall–Kier alpha value is -0.690. The molecule has 6 heteroatoms. The van der Waals surface area contributed by atoms with E-state index in [1.165, 1.54) is 0 Å². The Morgan fingerprint density at radius 2 is 2.37 bits per heavy atom. The fourth-order valence-corrected chi connectivity index (χ4v) is 2.22. The first kappa shape index (κ1) is 16.4. The Morgan fingerprint density at radius 1 is 1.63 bits per heavy atom. The van der Waals surface area contributed by atoms with Crippen LogP contribution in [-0.4, -0.2) is 74.1 Å². The molecule has 6 nitrogen and oxygen atoms in total. The van der Waals surface area contributed by atoms with Crippen LogP contribution in [0.4, 0.5) is 0 Å². The van der Waals surface area contributed by atoms with Gasteiger partial charge in [-0.3, -0.25) is 9.69 Å². The quantitative estimate of drug-likeness (QED) is 0.619. The van der Waals surface area contributed by atoms with E-state index in [2.05, 4.69) is 10.2 Å². The number of methoxy groups -OCH3 is 1. The predicted molar refractivity (Wildman–Crippen MR) is 72.0 cm³/mol. The number of aliphatic hydroxyl groups excluding tert-OH is 1. The van der Waals surface area contributed by atoms with E-state index in [0.717, 1.165) is 6.42 Å². The van der Waals surface area contributed by atoms with E-state index < -0.39 is 0 Å². The highest BCUT2D eigenvalue weighted by Gasteiger charge is 2.31. The van der Waals surface area contributed by atoms with Gasteiger partial charge in [0.1, 0.15) is 0 Å². The second kappa shape index (κ2) is 8.47. The third-order valence-corrected chi connectivity index (χ3v) is 3.46. The van der Waals surface area contributed by atoms with Gasteiger partial charge in [-0.15, -0.1) is 0 Å². The number of nitrogens with zero attached hydrogens (tertiary/aromatic N) is 1. The number of carbonyl (C=O) groups is 1. The molecule has 1 rings (SSSR count). The summed E-state index contributed by atoms with van der Waals surface area (Å²) >= 11 is 0. The van der Waals surface area contributed by atoms with Crippen LogP contribution in [0.15, 0.2) is 0 Å². The van der Waals surface area contributed by atoms with E-state index in [0.29, 0.717) is 26.3 Å². The van der Waals surface area contributed by atoms with Crippen LogP contribution >= 0.6 is 0 Å². The van der Waals surface area contributed by atoms with Crippen LogP contribution in [0.2, 0.25) is 0 Å². The van der Waals surface area contributed by atoms with Crippen LogP contribution in [0.5, 0.6) is 0 Å². The standard InChI is InChI=1S/C13H26N2O4/c1-10-9-19-12(8-16)7-15(10)11(2)13(17)14-5-4-6-18-3/h10-12,16H,4-9H2,1-3H3,(H,14,17). The highest BCUT2D eigenvalue weighted by Crippen LogP contribution is 2.15. The Kier molecular flexibility index (Phi) is 7.30. The topological polar surface area (TPSA) is 71.0 Å². The van der Waals surface area contributed by atoms with Gasteiger partial charge in [0, 0.05) is 32.8 Å². The third kappa shape index (κ3) is 5.06. The summed E-state index contributed by atoms with van der Waals surface area (Å²) in [5.41, 5.74) is 0. The molecule has 0 aromatic rings. The van der Waals surface area contributed by atoms with Gasteiger partial charge in [-0.1, -0.05) is 0 Å². The summed E-state index contributed by atoms with van der Waals surface area (Å²) in [5.74, 6) is 0.0153. The highest BCUT2D eigenvalue weighted by atomic mass is 16.5. The molecule has 1 fully saturated rings. The SMILES string of the molecule is COCCCNC(=O)C(C)N1CC(CO)OCC1C. The third-order valence-electron chi connectivity index (χ3n) is 3.46. The summed E-state index contributed by atoms with van der Waals surface area (Å²) in [5, 5.41) is 12.1. The summed E-state index contributed by atoms with van der Waals surface area (Å²) in [6.45, 7) is 6.32. The first-order valence-corrected chi connectivity index (χ1v) is 6.85. The van der Waals surface area contributed by atoms with Gasteiger partial charge in [0.15, 0.2) is 0 Å². The van der Waals surface area contributed by atoms with E-state index in [9.17, 15) is 4.79 Å². The smallest absolute Gasteiger partial charge is 0.237 e. The van der Waals surface area contributed by atoms with Crippen molar-refractivity contribution >= 4 is 5.91 Å². The van der Waals surface area contributed by atoms with Gasteiger partial charge in [-0.25, -0.2) is 0 Å². The van der Waals surface area contributed by atoms with Crippen molar-refractivity contribution in [3.05, 3.63) is 0 Å². The summed E-state index contributed by atoms with van der Waals surface area (Å²) in [7, 11) is 1.65. The van der Waals surface area contributed by atoms with Gasteiger partial charge < -0.3 is 19.9 Å². The molecule has 3 atom stereocenters. The van der Waals surface area contributed by atoms with Crippen LogP contribution in [0, 0.1) is 0 Å². The highest BCUT2D eigenvalue weighted by molar-refractivity contribution is 5.81. The summed E-state index contributed by atoms with van der Waals surface area (Å²) in [6.07, 6.45) is 0.618. The number of hydrogen-bond acceptors (Lipinski definition) is 5. The first-order chi connectivity index (χ1) is 9.10. The number of ether oxygens (including phenoxy) is 2. The van der Waals surface area contributed by atoms with Crippen molar-refractivity contribution in [2.24, 2.45) is 0 Å². The van der Waals surface area contributed by atoms with Gasteiger partial charge in [0.2, 0.25) is 5.91 Å². The summed E-state index contributed by atoms with van der Waals surface area (Å²) in [4.78, 5) is 14.1. The number of hydrogen-bond donors (Lipinski definition) is 2.